The smallest absolute Gasteiger partial charge is 0.128 e. The maximum atomic E-state index is 13.9. The molecule has 2 rings (SSSR count). The minimum absolute atomic E-state index is 0.0768. The first-order chi connectivity index (χ1) is 8.22. The predicted molar refractivity (Wildman–Crippen MR) is 75.9 cm³/mol. The zero-order valence-electron chi connectivity index (χ0n) is 9.93. The van der Waals surface area contributed by atoms with E-state index in [1.165, 1.54) is 0 Å². The van der Waals surface area contributed by atoms with E-state index in [0.717, 1.165) is 46.5 Å². The maximum absolute atomic E-state index is 13.9. The van der Waals surface area contributed by atoms with Gasteiger partial charge in [0.15, 0.2) is 0 Å². The summed E-state index contributed by atoms with van der Waals surface area (Å²) in [5, 5.41) is 3.52. The summed E-state index contributed by atoms with van der Waals surface area (Å²) in [4.78, 5) is 0. The molecule has 0 saturated heterocycles. The van der Waals surface area contributed by atoms with Crippen LogP contribution < -0.4 is 5.32 Å². The van der Waals surface area contributed by atoms with Gasteiger partial charge in [-0.15, -0.1) is 0 Å². The molecule has 0 spiro atoms. The molecule has 1 heterocycles. The average Bonchev–Trinajstić information content (AvgIpc) is 2.49. The summed E-state index contributed by atoms with van der Waals surface area (Å²) in [6.07, 6.45) is 2.18. The molecule has 1 N–H and O–H groups in total. The maximum Gasteiger partial charge on any atom is 0.128 e. The van der Waals surface area contributed by atoms with Crippen LogP contribution in [0.2, 0.25) is 0 Å². The molecule has 1 aliphatic heterocycles. The number of rotatable bonds is 3. The first-order valence-electron chi connectivity index (χ1n) is 6.01. The first-order valence-corrected chi connectivity index (χ1v) is 7.96. The Bertz CT molecular complexity index is 397. The van der Waals surface area contributed by atoms with E-state index in [0.29, 0.717) is 6.04 Å². The van der Waals surface area contributed by atoms with Crippen LogP contribution in [0.4, 0.5) is 4.39 Å². The third-order valence-electron chi connectivity index (χ3n) is 3.01. The Kier molecular flexibility index (Phi) is 4.88. The highest BCUT2D eigenvalue weighted by atomic mass is 79.9. The molecule has 0 radical (unpaired) electrons. The van der Waals surface area contributed by atoms with Gasteiger partial charge in [-0.05, 0) is 42.8 Å². The van der Waals surface area contributed by atoms with Crippen LogP contribution in [0, 0.1) is 5.82 Å². The highest BCUT2D eigenvalue weighted by molar-refractivity contribution is 9.10. The summed E-state index contributed by atoms with van der Waals surface area (Å²) in [5.41, 5.74) is 2.01. The van der Waals surface area contributed by atoms with Crippen molar-refractivity contribution in [1.82, 2.24) is 5.32 Å². The molecule has 0 bridgehead atoms. The standard InChI is InChI=1S/C13H17BrFNS/c1-2-4-16-13-3-5-17-8-11-10(13)6-9(14)7-12(11)15/h6-7,13,16H,2-5,8H2,1H3. The van der Waals surface area contributed by atoms with Crippen LogP contribution >= 0.6 is 27.7 Å². The zero-order chi connectivity index (χ0) is 12.3. The molecule has 94 valence electrons. The Morgan fingerprint density at radius 2 is 2.35 bits per heavy atom. The zero-order valence-corrected chi connectivity index (χ0v) is 12.3. The van der Waals surface area contributed by atoms with E-state index in [4.69, 9.17) is 0 Å². The number of thioether (sulfide) groups is 1. The molecule has 1 unspecified atom stereocenters. The van der Waals surface area contributed by atoms with Crippen LogP contribution in [-0.2, 0) is 5.75 Å². The second kappa shape index (κ2) is 6.21. The molecule has 0 amide bonds. The van der Waals surface area contributed by atoms with Crippen molar-refractivity contribution < 1.29 is 4.39 Å². The molecule has 0 aromatic heterocycles. The van der Waals surface area contributed by atoms with Gasteiger partial charge >= 0.3 is 0 Å². The second-order valence-electron chi connectivity index (χ2n) is 4.30. The highest BCUT2D eigenvalue weighted by Crippen LogP contribution is 2.34. The van der Waals surface area contributed by atoms with E-state index >= 15 is 0 Å². The van der Waals surface area contributed by atoms with Gasteiger partial charge in [0.1, 0.15) is 5.82 Å². The van der Waals surface area contributed by atoms with Gasteiger partial charge in [0, 0.05) is 21.8 Å². The summed E-state index contributed by atoms with van der Waals surface area (Å²) in [6.45, 7) is 3.14. The van der Waals surface area contributed by atoms with Gasteiger partial charge in [0.2, 0.25) is 0 Å². The van der Waals surface area contributed by atoms with Crippen molar-refractivity contribution in [2.24, 2.45) is 0 Å². The van der Waals surface area contributed by atoms with Crippen LogP contribution in [0.25, 0.3) is 0 Å². The minimum atomic E-state index is -0.0768. The van der Waals surface area contributed by atoms with Crippen molar-refractivity contribution in [3.63, 3.8) is 0 Å². The van der Waals surface area contributed by atoms with Crippen molar-refractivity contribution in [1.29, 1.82) is 0 Å². The summed E-state index contributed by atoms with van der Waals surface area (Å²) in [6, 6.07) is 3.94. The van der Waals surface area contributed by atoms with Gasteiger partial charge in [-0.25, -0.2) is 4.39 Å². The fourth-order valence-electron chi connectivity index (χ4n) is 2.15. The van der Waals surface area contributed by atoms with E-state index in [1.54, 1.807) is 6.07 Å². The number of halogens is 2. The van der Waals surface area contributed by atoms with Crippen molar-refractivity contribution in [2.75, 3.05) is 12.3 Å². The van der Waals surface area contributed by atoms with Gasteiger partial charge in [-0.2, -0.15) is 11.8 Å². The van der Waals surface area contributed by atoms with Crippen molar-refractivity contribution in [3.8, 4) is 0 Å². The van der Waals surface area contributed by atoms with Gasteiger partial charge < -0.3 is 5.32 Å². The van der Waals surface area contributed by atoms with Crippen molar-refractivity contribution in [2.45, 2.75) is 31.6 Å². The van der Waals surface area contributed by atoms with Gasteiger partial charge in [0.25, 0.3) is 0 Å². The number of fused-ring (bicyclic) bond motifs is 1. The van der Waals surface area contributed by atoms with Gasteiger partial charge in [-0.3, -0.25) is 0 Å². The predicted octanol–water partition coefficient (Wildman–Crippen LogP) is 4.27. The van der Waals surface area contributed by atoms with Crippen LogP contribution in [0.15, 0.2) is 16.6 Å². The minimum Gasteiger partial charge on any atom is -0.310 e. The fraction of sp³-hybridized carbons (Fsp3) is 0.538. The van der Waals surface area contributed by atoms with Gasteiger partial charge in [-0.1, -0.05) is 22.9 Å². The Morgan fingerprint density at radius 1 is 1.53 bits per heavy atom. The molecule has 4 heteroatoms. The molecule has 17 heavy (non-hydrogen) atoms. The highest BCUT2D eigenvalue weighted by Gasteiger charge is 2.21. The van der Waals surface area contributed by atoms with Crippen LogP contribution in [0.1, 0.15) is 36.9 Å². The molecule has 1 aromatic carbocycles. The third-order valence-corrected chi connectivity index (χ3v) is 4.48. The molecule has 1 atom stereocenters. The summed E-state index contributed by atoms with van der Waals surface area (Å²) < 4.78 is 14.8. The van der Waals surface area contributed by atoms with E-state index in [9.17, 15) is 4.39 Å². The second-order valence-corrected chi connectivity index (χ2v) is 6.32. The molecule has 1 aromatic rings. The lowest BCUT2D eigenvalue weighted by Gasteiger charge is -2.19. The third kappa shape index (κ3) is 3.24. The topological polar surface area (TPSA) is 12.0 Å². The quantitative estimate of drug-likeness (QED) is 0.893. The molecule has 1 aliphatic rings. The van der Waals surface area contributed by atoms with Gasteiger partial charge in [0.05, 0.1) is 0 Å². The van der Waals surface area contributed by atoms with E-state index < -0.39 is 0 Å². The number of benzene rings is 1. The number of hydrogen-bond acceptors (Lipinski definition) is 2. The van der Waals surface area contributed by atoms with Crippen LogP contribution in [0.3, 0.4) is 0 Å². The Labute approximate surface area is 115 Å². The fourth-order valence-corrected chi connectivity index (χ4v) is 3.65. The van der Waals surface area contributed by atoms with Crippen LogP contribution in [-0.4, -0.2) is 12.3 Å². The lowest BCUT2D eigenvalue weighted by Crippen LogP contribution is -2.23. The summed E-state index contributed by atoms with van der Waals surface area (Å²) in [7, 11) is 0. The number of nitrogens with one attached hydrogen (secondary N) is 1. The summed E-state index contributed by atoms with van der Waals surface area (Å²) in [5.74, 6) is 1.80. The molecule has 1 nitrogen and oxygen atoms in total. The van der Waals surface area contributed by atoms with E-state index in [-0.39, 0.29) is 5.82 Å². The molecule has 0 fully saturated rings. The Morgan fingerprint density at radius 3 is 3.12 bits per heavy atom. The largest absolute Gasteiger partial charge is 0.310 e. The van der Waals surface area contributed by atoms with Crippen LogP contribution in [0.5, 0.6) is 0 Å². The molecule has 0 saturated carbocycles. The molecular formula is C13H17BrFNS. The SMILES string of the molecule is CCCNC1CCSCc2c(F)cc(Br)cc21. The van der Waals surface area contributed by atoms with Crippen molar-refractivity contribution in [3.05, 3.63) is 33.5 Å². The Hall–Kier alpha value is -0.0600. The summed E-state index contributed by atoms with van der Waals surface area (Å²) >= 11 is 5.21. The molecular weight excluding hydrogens is 301 g/mol. The van der Waals surface area contributed by atoms with Crippen molar-refractivity contribution >= 4 is 27.7 Å². The lowest BCUT2D eigenvalue weighted by atomic mass is 9.99. The monoisotopic (exact) mass is 317 g/mol. The lowest BCUT2D eigenvalue weighted by molar-refractivity contribution is 0.515. The first kappa shape index (κ1) is 13.4. The van der Waals surface area contributed by atoms with E-state index in [1.807, 2.05) is 11.8 Å². The Balaban J connectivity index is 2.33. The normalized spacial score (nSPS) is 19.8. The average molecular weight is 318 g/mol. The van der Waals surface area contributed by atoms with E-state index in [2.05, 4.69) is 34.2 Å². The molecule has 0 aliphatic carbocycles. The number of hydrogen-bond donors (Lipinski definition) is 1.